The summed E-state index contributed by atoms with van der Waals surface area (Å²) in [6.07, 6.45) is 0. The van der Waals surface area contributed by atoms with E-state index < -0.39 is 64.5 Å². The summed E-state index contributed by atoms with van der Waals surface area (Å²) < 4.78 is 25.6. The van der Waals surface area contributed by atoms with Gasteiger partial charge in [-0.05, 0) is 48.5 Å². The van der Waals surface area contributed by atoms with Gasteiger partial charge in [-0.3, -0.25) is 19.3 Å². The lowest BCUT2D eigenvalue weighted by Crippen LogP contribution is -2.41. The van der Waals surface area contributed by atoms with Crippen LogP contribution in [-0.4, -0.2) is 72.3 Å². The Morgan fingerprint density at radius 1 is 1.09 bits per heavy atom. The molecule has 180 valence electrons. The fourth-order valence-corrected chi connectivity index (χ4v) is 4.85. The summed E-state index contributed by atoms with van der Waals surface area (Å²) >= 11 is 5.79. The lowest BCUT2D eigenvalue weighted by molar-refractivity contribution is -0.141. The van der Waals surface area contributed by atoms with E-state index in [9.17, 15) is 32.7 Å². The molecule has 0 saturated carbocycles. The van der Waals surface area contributed by atoms with E-state index in [1.807, 2.05) is 0 Å². The predicted molar refractivity (Wildman–Crippen MR) is 120 cm³/mol. The molecule has 0 aromatic heterocycles. The van der Waals surface area contributed by atoms with Gasteiger partial charge in [0.05, 0.1) is 23.2 Å². The normalized spacial score (nSPS) is 16.8. The zero-order valence-corrected chi connectivity index (χ0v) is 19.0. The summed E-state index contributed by atoms with van der Waals surface area (Å²) in [6, 6.07) is 9.15. The first kappa shape index (κ1) is 25.1. The molecule has 4 amide bonds. The Morgan fingerprint density at radius 3 is 2.24 bits per heavy atom. The molecule has 4 N–H and O–H groups in total. The van der Waals surface area contributed by atoms with Gasteiger partial charge in [-0.2, -0.15) is 0 Å². The molecule has 2 aromatic carbocycles. The largest absolute Gasteiger partial charge is 0.481 e. The first-order chi connectivity index (χ1) is 16.0. The summed E-state index contributed by atoms with van der Waals surface area (Å²) in [6.45, 7) is -1.34. The van der Waals surface area contributed by atoms with Crippen LogP contribution in [0, 0.1) is 5.92 Å². The van der Waals surface area contributed by atoms with Crippen molar-refractivity contribution in [2.75, 3.05) is 24.2 Å². The Labute approximate surface area is 199 Å². The van der Waals surface area contributed by atoms with Gasteiger partial charge in [-0.15, -0.1) is 0 Å². The Kier molecular flexibility index (Phi) is 7.54. The number of nitrogens with zero attached hydrogens (tertiary/aromatic N) is 1. The first-order valence-electron chi connectivity index (χ1n) is 9.87. The molecule has 2 atom stereocenters. The van der Waals surface area contributed by atoms with E-state index in [-0.39, 0.29) is 4.90 Å². The third kappa shape index (κ3) is 5.71. The van der Waals surface area contributed by atoms with E-state index in [2.05, 4.69) is 10.6 Å². The van der Waals surface area contributed by atoms with Crippen molar-refractivity contribution in [1.29, 1.82) is 0 Å². The fraction of sp³-hybridized carbons (Fsp3) is 0.238. The quantitative estimate of drug-likeness (QED) is 0.362. The summed E-state index contributed by atoms with van der Waals surface area (Å²) in [7, 11) is -4.13. The lowest BCUT2D eigenvalue weighted by Gasteiger charge is -2.19. The topological polar surface area (TPSA) is 170 Å². The number of hydrogen-bond donors (Lipinski definition) is 4. The molecule has 3 rings (SSSR count). The molecule has 0 bridgehead atoms. The molecule has 0 aliphatic carbocycles. The number of imide groups is 1. The molecular weight excluding hydrogens is 490 g/mol. The molecule has 1 aliphatic rings. The second kappa shape index (κ2) is 10.2. The average molecular weight is 510 g/mol. The number of aliphatic hydroxyl groups excluding tert-OH is 1. The third-order valence-electron chi connectivity index (χ3n) is 5.04. The number of carbonyl (C=O) groups is 4. The molecule has 34 heavy (non-hydrogen) atoms. The van der Waals surface area contributed by atoms with Crippen LogP contribution in [0.1, 0.15) is 10.4 Å². The fourth-order valence-electron chi connectivity index (χ4n) is 3.21. The van der Waals surface area contributed by atoms with Crippen LogP contribution in [-0.2, 0) is 19.4 Å². The minimum atomic E-state index is -4.13. The van der Waals surface area contributed by atoms with Gasteiger partial charge < -0.3 is 20.8 Å². The first-order valence-corrected chi connectivity index (χ1v) is 11.9. The van der Waals surface area contributed by atoms with Crippen LogP contribution >= 0.6 is 11.6 Å². The van der Waals surface area contributed by atoms with Crippen LogP contribution in [0.25, 0.3) is 0 Å². The maximum Gasteiger partial charge on any atom is 0.324 e. The number of rotatable bonds is 9. The highest BCUT2D eigenvalue weighted by Crippen LogP contribution is 2.20. The summed E-state index contributed by atoms with van der Waals surface area (Å²) in [5.74, 6) is -5.26. The Morgan fingerprint density at radius 2 is 1.71 bits per heavy atom. The van der Waals surface area contributed by atoms with Crippen LogP contribution in [0.4, 0.5) is 10.5 Å². The average Bonchev–Trinajstić information content (AvgIpc) is 3.06. The number of anilines is 1. The summed E-state index contributed by atoms with van der Waals surface area (Å²) in [5.41, 5.74) is 0.650. The highest BCUT2D eigenvalue weighted by molar-refractivity contribution is 7.91. The molecule has 0 radical (unpaired) electrons. The number of aliphatic hydroxyl groups is 1. The summed E-state index contributed by atoms with van der Waals surface area (Å²) in [4.78, 5) is 48.3. The molecule has 1 aliphatic heterocycles. The zero-order chi connectivity index (χ0) is 25.0. The van der Waals surface area contributed by atoms with Gasteiger partial charge in [0.1, 0.15) is 6.04 Å². The van der Waals surface area contributed by atoms with Crippen LogP contribution in [0.2, 0.25) is 5.02 Å². The number of halogens is 1. The number of benzene rings is 2. The van der Waals surface area contributed by atoms with Gasteiger partial charge in [0.2, 0.25) is 0 Å². The maximum atomic E-state index is 12.8. The van der Waals surface area contributed by atoms with Crippen molar-refractivity contribution in [2.45, 2.75) is 10.9 Å². The van der Waals surface area contributed by atoms with Gasteiger partial charge >= 0.3 is 12.0 Å². The zero-order valence-electron chi connectivity index (χ0n) is 17.5. The summed E-state index contributed by atoms with van der Waals surface area (Å²) in [5, 5.41) is 23.8. The third-order valence-corrected chi connectivity index (χ3v) is 7.12. The van der Waals surface area contributed by atoms with E-state index in [1.165, 1.54) is 36.4 Å². The second-order valence-electron chi connectivity index (χ2n) is 7.44. The number of hydrogen-bond acceptors (Lipinski definition) is 7. The van der Waals surface area contributed by atoms with E-state index in [0.29, 0.717) is 21.2 Å². The molecule has 11 nitrogen and oxygen atoms in total. The smallest absolute Gasteiger partial charge is 0.324 e. The van der Waals surface area contributed by atoms with Crippen molar-refractivity contribution >= 4 is 50.9 Å². The van der Waals surface area contributed by atoms with Crippen molar-refractivity contribution in [3.63, 3.8) is 0 Å². The number of urea groups is 1. The van der Waals surface area contributed by atoms with Crippen LogP contribution in [0.15, 0.2) is 53.4 Å². The number of amides is 4. The molecule has 0 spiro atoms. The number of carboxylic acid groups (broad SMARTS) is 1. The van der Waals surface area contributed by atoms with Crippen LogP contribution in [0.5, 0.6) is 0 Å². The predicted octanol–water partition coefficient (Wildman–Crippen LogP) is 0.980. The Balaban J connectivity index is 1.70. The molecule has 1 fully saturated rings. The van der Waals surface area contributed by atoms with E-state index >= 15 is 0 Å². The highest BCUT2D eigenvalue weighted by atomic mass is 35.5. The van der Waals surface area contributed by atoms with Crippen LogP contribution < -0.4 is 10.6 Å². The molecule has 1 heterocycles. The minimum Gasteiger partial charge on any atom is -0.481 e. The minimum absolute atomic E-state index is 0.200. The molecule has 1 saturated heterocycles. The SMILES string of the molecule is O=C(Nc1ccc(S(=O)(=O)CC(CN2C(=O)NC(CO)C2=O)C(=O)O)cc1)c1ccc(Cl)cc1. The van der Waals surface area contributed by atoms with Crippen molar-refractivity contribution < 1.29 is 37.8 Å². The lowest BCUT2D eigenvalue weighted by atomic mass is 10.1. The van der Waals surface area contributed by atoms with Crippen molar-refractivity contribution in [1.82, 2.24) is 10.2 Å². The number of sulfone groups is 1. The van der Waals surface area contributed by atoms with Gasteiger partial charge in [-0.25, -0.2) is 13.2 Å². The number of aliphatic carboxylic acids is 1. The standard InChI is InChI=1S/C21H20ClN3O8S/c22-14-3-1-12(2-4-14)18(27)23-15-5-7-16(8-6-15)34(32,33)11-13(20(29)30)9-25-19(28)17(10-26)24-21(25)31/h1-8,13,17,26H,9-11H2,(H,23,27)(H,24,31)(H,29,30). The second-order valence-corrected chi connectivity index (χ2v) is 9.91. The van der Waals surface area contributed by atoms with Crippen LogP contribution in [0.3, 0.4) is 0 Å². The van der Waals surface area contributed by atoms with Gasteiger partial charge in [0, 0.05) is 22.8 Å². The van der Waals surface area contributed by atoms with Crippen molar-refractivity contribution in [2.24, 2.45) is 5.92 Å². The molecule has 2 unspecified atom stereocenters. The van der Waals surface area contributed by atoms with Crippen molar-refractivity contribution in [3.8, 4) is 0 Å². The van der Waals surface area contributed by atoms with E-state index in [0.717, 1.165) is 0 Å². The van der Waals surface area contributed by atoms with E-state index in [4.69, 9.17) is 16.7 Å². The maximum absolute atomic E-state index is 12.8. The molecular formula is C21H20ClN3O8S. The number of carboxylic acids is 1. The van der Waals surface area contributed by atoms with Gasteiger partial charge in [0.25, 0.3) is 11.8 Å². The van der Waals surface area contributed by atoms with Crippen molar-refractivity contribution in [3.05, 3.63) is 59.1 Å². The molecule has 13 heteroatoms. The molecule has 2 aromatic rings. The monoisotopic (exact) mass is 509 g/mol. The van der Waals surface area contributed by atoms with Gasteiger partial charge in [0.15, 0.2) is 9.84 Å². The Hall–Kier alpha value is -3.48. The highest BCUT2D eigenvalue weighted by Gasteiger charge is 2.40. The van der Waals surface area contributed by atoms with E-state index in [1.54, 1.807) is 12.1 Å². The number of carbonyl (C=O) groups excluding carboxylic acids is 3. The number of nitrogens with one attached hydrogen (secondary N) is 2. The Bertz CT molecular complexity index is 1220. The van der Waals surface area contributed by atoms with Gasteiger partial charge in [-0.1, -0.05) is 11.6 Å².